The van der Waals surface area contributed by atoms with Crippen LogP contribution in [-0.2, 0) is 10.0 Å². The Morgan fingerprint density at radius 2 is 1.61 bits per heavy atom. The molecule has 0 aromatic heterocycles. The van der Waals surface area contributed by atoms with Crippen LogP contribution in [0.4, 0.5) is 17.1 Å². The van der Waals surface area contributed by atoms with E-state index in [0.29, 0.717) is 16.8 Å². The van der Waals surface area contributed by atoms with E-state index in [0.717, 1.165) is 11.1 Å². The van der Waals surface area contributed by atoms with E-state index in [1.165, 1.54) is 12.1 Å². The van der Waals surface area contributed by atoms with Gasteiger partial charge in [0.2, 0.25) is 10.0 Å². The lowest BCUT2D eigenvalue weighted by Gasteiger charge is -2.12. The summed E-state index contributed by atoms with van der Waals surface area (Å²) in [6.45, 7) is 0. The lowest BCUT2D eigenvalue weighted by atomic mass is 10.1. The van der Waals surface area contributed by atoms with Crippen LogP contribution >= 0.6 is 0 Å². The van der Waals surface area contributed by atoms with Gasteiger partial charge in [0, 0.05) is 27.8 Å². The van der Waals surface area contributed by atoms with Gasteiger partial charge in [0.25, 0.3) is 0 Å². The quantitative estimate of drug-likeness (QED) is 0.435. The van der Waals surface area contributed by atoms with Crippen LogP contribution in [0.3, 0.4) is 0 Å². The molecule has 0 amide bonds. The zero-order chi connectivity index (χ0) is 16.6. The zero-order valence-corrected chi connectivity index (χ0v) is 12.8. The first kappa shape index (κ1) is 15.1. The Hall–Kier alpha value is -2.77. The fraction of sp³-hybridized carbons (Fsp3) is 0. The maximum absolute atomic E-state index is 11.6. The average Bonchev–Trinajstić information content (AvgIpc) is 2.51. The van der Waals surface area contributed by atoms with Crippen LogP contribution in [0.2, 0.25) is 0 Å². The summed E-state index contributed by atoms with van der Waals surface area (Å²) in [7, 11) is -3.80. The summed E-state index contributed by atoms with van der Waals surface area (Å²) in [6, 6.07) is 14.6. The summed E-state index contributed by atoms with van der Waals surface area (Å²) in [5, 5.41) is 19.1. The first-order valence-electron chi connectivity index (χ1n) is 6.76. The fourth-order valence-corrected chi connectivity index (χ4v) is 2.88. The third kappa shape index (κ3) is 3.05. The third-order valence-electron chi connectivity index (χ3n) is 3.50. The third-order valence-corrected chi connectivity index (χ3v) is 4.41. The van der Waals surface area contributed by atoms with Gasteiger partial charge in [-0.05, 0) is 48.5 Å². The summed E-state index contributed by atoms with van der Waals surface area (Å²) >= 11 is 0. The van der Waals surface area contributed by atoms with Gasteiger partial charge in [0.15, 0.2) is 0 Å². The van der Waals surface area contributed by atoms with Crippen molar-refractivity contribution in [3.63, 3.8) is 0 Å². The lowest BCUT2D eigenvalue weighted by molar-refractivity contribution is 0.475. The summed E-state index contributed by atoms with van der Waals surface area (Å²) in [6.07, 6.45) is 0. The van der Waals surface area contributed by atoms with Gasteiger partial charge in [0.1, 0.15) is 5.75 Å². The maximum atomic E-state index is 11.6. The second-order valence-electron chi connectivity index (χ2n) is 5.13. The predicted molar refractivity (Wildman–Crippen MR) is 91.1 cm³/mol. The Labute approximate surface area is 133 Å². The summed E-state index contributed by atoms with van der Waals surface area (Å²) in [5.74, 6) is 0.161. The van der Waals surface area contributed by atoms with Crippen LogP contribution in [0.5, 0.6) is 5.75 Å². The van der Waals surface area contributed by atoms with Crippen molar-refractivity contribution in [1.29, 1.82) is 0 Å². The number of hydrogen-bond donors (Lipinski definition) is 4. The molecule has 3 aromatic carbocycles. The van der Waals surface area contributed by atoms with E-state index < -0.39 is 10.0 Å². The largest absolute Gasteiger partial charge is 0.508 e. The molecule has 23 heavy (non-hydrogen) atoms. The number of nitrogens with two attached hydrogens (primary N) is 2. The zero-order valence-electron chi connectivity index (χ0n) is 12.0. The molecule has 6 nitrogen and oxygen atoms in total. The SMILES string of the molecule is Nc1ccc(Nc2ccc(O)cc2)c2cc(S(N)(=O)=O)ccc12. The van der Waals surface area contributed by atoms with Gasteiger partial charge < -0.3 is 16.2 Å². The number of nitrogens with one attached hydrogen (secondary N) is 1. The highest BCUT2D eigenvalue weighted by Crippen LogP contribution is 2.32. The van der Waals surface area contributed by atoms with Crippen molar-refractivity contribution in [3.05, 3.63) is 54.6 Å². The van der Waals surface area contributed by atoms with Gasteiger partial charge in [-0.3, -0.25) is 0 Å². The van der Waals surface area contributed by atoms with Crippen LogP contribution in [0.1, 0.15) is 0 Å². The Bertz CT molecular complexity index is 983. The number of fused-ring (bicyclic) bond motifs is 1. The van der Waals surface area contributed by atoms with E-state index in [9.17, 15) is 13.5 Å². The maximum Gasteiger partial charge on any atom is 0.238 e. The molecular weight excluding hydrogens is 314 g/mol. The van der Waals surface area contributed by atoms with Gasteiger partial charge in [-0.2, -0.15) is 0 Å². The molecule has 3 aromatic rings. The number of hydrogen-bond acceptors (Lipinski definition) is 5. The van der Waals surface area contributed by atoms with Crippen LogP contribution in [0.15, 0.2) is 59.5 Å². The van der Waals surface area contributed by atoms with Crippen molar-refractivity contribution >= 4 is 37.9 Å². The molecule has 6 N–H and O–H groups in total. The number of primary sulfonamides is 1. The van der Waals surface area contributed by atoms with Crippen molar-refractivity contribution in [2.45, 2.75) is 4.90 Å². The highest BCUT2D eigenvalue weighted by atomic mass is 32.2. The molecule has 0 aliphatic carbocycles. The van der Waals surface area contributed by atoms with Crippen LogP contribution < -0.4 is 16.2 Å². The van der Waals surface area contributed by atoms with Gasteiger partial charge >= 0.3 is 0 Å². The molecule has 0 atom stereocenters. The molecule has 0 aliphatic heterocycles. The van der Waals surface area contributed by atoms with E-state index in [1.54, 1.807) is 42.5 Å². The Morgan fingerprint density at radius 1 is 0.913 bits per heavy atom. The molecule has 0 saturated heterocycles. The monoisotopic (exact) mass is 329 g/mol. The standard InChI is InChI=1S/C16H15N3O3S/c17-15-7-8-16(19-10-1-3-11(20)4-2-10)14-9-12(23(18,21)22)5-6-13(14)15/h1-9,19-20H,17H2,(H2,18,21,22). The molecule has 0 heterocycles. The number of benzene rings is 3. The van der Waals surface area contributed by atoms with Crippen LogP contribution in [0.25, 0.3) is 10.8 Å². The van der Waals surface area contributed by atoms with Gasteiger partial charge in [-0.15, -0.1) is 0 Å². The Kier molecular flexibility index (Phi) is 3.59. The topological polar surface area (TPSA) is 118 Å². The number of phenols is 1. The van der Waals surface area contributed by atoms with E-state index in [4.69, 9.17) is 10.9 Å². The number of phenolic OH excluding ortho intramolecular Hbond substituents is 1. The molecule has 0 saturated carbocycles. The molecule has 0 fully saturated rings. The number of rotatable bonds is 3. The summed E-state index contributed by atoms with van der Waals surface area (Å²) in [5.41, 5.74) is 7.93. The first-order valence-corrected chi connectivity index (χ1v) is 8.30. The number of aromatic hydroxyl groups is 1. The van der Waals surface area contributed by atoms with E-state index in [-0.39, 0.29) is 10.6 Å². The number of anilines is 3. The predicted octanol–water partition coefficient (Wildman–Crippen LogP) is 2.52. The van der Waals surface area contributed by atoms with Gasteiger partial charge in [-0.25, -0.2) is 13.6 Å². The molecule has 7 heteroatoms. The molecule has 0 unspecified atom stereocenters. The summed E-state index contributed by atoms with van der Waals surface area (Å²) < 4.78 is 23.1. The van der Waals surface area contributed by atoms with E-state index in [2.05, 4.69) is 5.32 Å². The fourth-order valence-electron chi connectivity index (χ4n) is 2.34. The molecule has 0 bridgehead atoms. The minimum absolute atomic E-state index is 0.0179. The average molecular weight is 329 g/mol. The highest BCUT2D eigenvalue weighted by molar-refractivity contribution is 7.89. The van der Waals surface area contributed by atoms with Crippen molar-refractivity contribution in [3.8, 4) is 5.75 Å². The molecular formula is C16H15N3O3S. The highest BCUT2D eigenvalue weighted by Gasteiger charge is 2.12. The number of sulfonamides is 1. The first-order chi connectivity index (χ1) is 10.8. The van der Waals surface area contributed by atoms with Gasteiger partial charge in [-0.1, -0.05) is 6.07 Å². The minimum atomic E-state index is -3.80. The molecule has 0 aliphatic rings. The molecule has 3 rings (SSSR count). The molecule has 0 spiro atoms. The smallest absolute Gasteiger partial charge is 0.238 e. The van der Waals surface area contributed by atoms with Crippen molar-refractivity contribution in [1.82, 2.24) is 0 Å². The van der Waals surface area contributed by atoms with Gasteiger partial charge in [0.05, 0.1) is 4.90 Å². The van der Waals surface area contributed by atoms with Crippen LogP contribution in [0, 0.1) is 0 Å². The number of nitrogen functional groups attached to an aromatic ring is 1. The second kappa shape index (κ2) is 5.45. The minimum Gasteiger partial charge on any atom is -0.508 e. The van der Waals surface area contributed by atoms with Crippen molar-refractivity contribution in [2.75, 3.05) is 11.1 Å². The van der Waals surface area contributed by atoms with E-state index >= 15 is 0 Å². The van der Waals surface area contributed by atoms with Crippen molar-refractivity contribution < 1.29 is 13.5 Å². The normalized spacial score (nSPS) is 11.5. The van der Waals surface area contributed by atoms with Crippen LogP contribution in [-0.4, -0.2) is 13.5 Å². The Morgan fingerprint density at radius 3 is 2.26 bits per heavy atom. The van der Waals surface area contributed by atoms with E-state index in [1.807, 2.05) is 0 Å². The second-order valence-corrected chi connectivity index (χ2v) is 6.69. The molecule has 0 radical (unpaired) electrons. The Balaban J connectivity index is 2.15. The lowest BCUT2D eigenvalue weighted by Crippen LogP contribution is -2.12. The molecule has 118 valence electrons. The summed E-state index contributed by atoms with van der Waals surface area (Å²) in [4.78, 5) is 0.0179. The van der Waals surface area contributed by atoms with Crippen molar-refractivity contribution in [2.24, 2.45) is 5.14 Å².